The molecule has 1 aliphatic heterocycles. The molecular weight excluding hydrogens is 210 g/mol. The van der Waals surface area contributed by atoms with Crippen LogP contribution in [0.4, 0.5) is 5.69 Å². The molecule has 2 heteroatoms. The Balaban J connectivity index is 2.33. The van der Waals surface area contributed by atoms with Crippen molar-refractivity contribution in [2.45, 2.75) is 39.2 Å². The minimum absolute atomic E-state index is 0.151. The van der Waals surface area contributed by atoms with Crippen molar-refractivity contribution in [1.29, 1.82) is 0 Å². The number of rotatable bonds is 3. The summed E-state index contributed by atoms with van der Waals surface area (Å²) in [6, 6.07) is 8.63. The summed E-state index contributed by atoms with van der Waals surface area (Å²) in [4.78, 5) is 2.46. The summed E-state index contributed by atoms with van der Waals surface area (Å²) in [6.45, 7) is 8.02. The predicted molar refractivity (Wildman–Crippen MR) is 72.4 cm³/mol. The fraction of sp³-hybridized carbons (Fsp3) is 0.600. The standard InChI is InChI=1S/C15H23NO/c1-4-13-7-5-6-8-14(13)16-10-12(11-17)9-15(16,2)3/h5-8,12,17H,4,9-11H2,1-3H3. The average Bonchev–Trinajstić information content (AvgIpc) is 2.64. The maximum Gasteiger partial charge on any atom is 0.0477 e. The van der Waals surface area contributed by atoms with Gasteiger partial charge in [-0.2, -0.15) is 0 Å². The second-order valence-electron chi connectivity index (χ2n) is 5.66. The van der Waals surface area contributed by atoms with Crippen molar-refractivity contribution in [2.24, 2.45) is 5.92 Å². The van der Waals surface area contributed by atoms with E-state index in [0.717, 1.165) is 19.4 Å². The van der Waals surface area contributed by atoms with Gasteiger partial charge in [0.25, 0.3) is 0 Å². The zero-order chi connectivity index (χ0) is 12.5. The maximum absolute atomic E-state index is 9.36. The Morgan fingerprint density at radius 1 is 1.35 bits per heavy atom. The third-order valence-corrected chi connectivity index (χ3v) is 3.88. The minimum atomic E-state index is 0.151. The predicted octanol–water partition coefficient (Wildman–Crippen LogP) is 2.85. The van der Waals surface area contributed by atoms with E-state index in [1.807, 2.05) is 0 Å². The third-order valence-electron chi connectivity index (χ3n) is 3.88. The Labute approximate surface area is 104 Å². The zero-order valence-electron chi connectivity index (χ0n) is 11.1. The van der Waals surface area contributed by atoms with E-state index >= 15 is 0 Å². The smallest absolute Gasteiger partial charge is 0.0477 e. The van der Waals surface area contributed by atoms with Crippen molar-refractivity contribution in [3.63, 3.8) is 0 Å². The number of anilines is 1. The number of para-hydroxylation sites is 1. The SMILES string of the molecule is CCc1ccccc1N1CC(CO)CC1(C)C. The quantitative estimate of drug-likeness (QED) is 0.867. The van der Waals surface area contributed by atoms with Gasteiger partial charge in [-0.3, -0.25) is 0 Å². The van der Waals surface area contributed by atoms with Crippen LogP contribution in [0.5, 0.6) is 0 Å². The van der Waals surface area contributed by atoms with Crippen LogP contribution in [0, 0.1) is 5.92 Å². The maximum atomic E-state index is 9.36. The molecule has 17 heavy (non-hydrogen) atoms. The van der Waals surface area contributed by atoms with Gasteiger partial charge in [0.15, 0.2) is 0 Å². The second-order valence-corrected chi connectivity index (χ2v) is 5.66. The number of aliphatic hydroxyl groups is 1. The van der Waals surface area contributed by atoms with Gasteiger partial charge in [-0.1, -0.05) is 25.1 Å². The summed E-state index contributed by atoms with van der Waals surface area (Å²) in [5.74, 6) is 0.412. The zero-order valence-corrected chi connectivity index (χ0v) is 11.1. The highest BCUT2D eigenvalue weighted by atomic mass is 16.3. The number of hydrogen-bond donors (Lipinski definition) is 1. The first-order chi connectivity index (χ1) is 8.08. The van der Waals surface area contributed by atoms with E-state index in [2.05, 4.69) is 49.9 Å². The lowest BCUT2D eigenvalue weighted by Gasteiger charge is -2.35. The fourth-order valence-electron chi connectivity index (χ4n) is 3.01. The van der Waals surface area contributed by atoms with Crippen LogP contribution in [0.2, 0.25) is 0 Å². The van der Waals surface area contributed by atoms with Crippen molar-refractivity contribution >= 4 is 5.69 Å². The summed E-state index contributed by atoms with van der Waals surface area (Å²) in [5.41, 5.74) is 2.90. The lowest BCUT2D eigenvalue weighted by molar-refractivity contribution is 0.232. The van der Waals surface area contributed by atoms with E-state index in [1.165, 1.54) is 11.3 Å². The molecule has 1 saturated heterocycles. The van der Waals surface area contributed by atoms with Gasteiger partial charge in [0.1, 0.15) is 0 Å². The van der Waals surface area contributed by atoms with E-state index in [-0.39, 0.29) is 5.54 Å². The highest BCUT2D eigenvalue weighted by molar-refractivity contribution is 5.56. The lowest BCUT2D eigenvalue weighted by atomic mass is 9.96. The van der Waals surface area contributed by atoms with Gasteiger partial charge >= 0.3 is 0 Å². The summed E-state index contributed by atoms with van der Waals surface area (Å²) in [6.07, 6.45) is 2.13. The van der Waals surface area contributed by atoms with Crippen LogP contribution in [-0.2, 0) is 6.42 Å². The number of aryl methyl sites for hydroxylation is 1. The van der Waals surface area contributed by atoms with Gasteiger partial charge in [0.05, 0.1) is 0 Å². The number of nitrogens with zero attached hydrogens (tertiary/aromatic N) is 1. The van der Waals surface area contributed by atoms with Crippen LogP contribution in [0.1, 0.15) is 32.8 Å². The molecule has 0 radical (unpaired) electrons. The van der Waals surface area contributed by atoms with Crippen molar-refractivity contribution in [3.8, 4) is 0 Å². The summed E-state index contributed by atoms with van der Waals surface area (Å²) < 4.78 is 0. The number of aliphatic hydroxyl groups excluding tert-OH is 1. The third kappa shape index (κ3) is 2.32. The highest BCUT2D eigenvalue weighted by Gasteiger charge is 2.38. The topological polar surface area (TPSA) is 23.5 Å². The van der Waals surface area contributed by atoms with Gasteiger partial charge in [-0.25, -0.2) is 0 Å². The normalized spacial score (nSPS) is 23.1. The Kier molecular flexibility index (Phi) is 3.43. The first kappa shape index (κ1) is 12.4. The largest absolute Gasteiger partial charge is 0.396 e. The lowest BCUT2D eigenvalue weighted by Crippen LogP contribution is -2.38. The van der Waals surface area contributed by atoms with Crippen LogP contribution < -0.4 is 4.90 Å². The van der Waals surface area contributed by atoms with Crippen molar-refractivity contribution in [1.82, 2.24) is 0 Å². The molecule has 1 heterocycles. The molecule has 94 valence electrons. The molecule has 2 nitrogen and oxygen atoms in total. The summed E-state index contributed by atoms with van der Waals surface area (Å²) in [7, 11) is 0. The Morgan fingerprint density at radius 2 is 2.06 bits per heavy atom. The molecule has 0 aliphatic carbocycles. The average molecular weight is 233 g/mol. The monoisotopic (exact) mass is 233 g/mol. The van der Waals surface area contributed by atoms with Gasteiger partial charge in [-0.15, -0.1) is 0 Å². The molecule has 0 aromatic heterocycles. The van der Waals surface area contributed by atoms with Crippen molar-refractivity contribution < 1.29 is 5.11 Å². The molecular formula is C15H23NO. The molecule has 0 spiro atoms. The Hall–Kier alpha value is -1.02. The molecule has 1 aliphatic rings. The van der Waals surface area contributed by atoms with Gasteiger partial charge in [0.2, 0.25) is 0 Å². The molecule has 1 atom stereocenters. The number of benzene rings is 1. The van der Waals surface area contributed by atoms with Crippen LogP contribution >= 0.6 is 0 Å². The van der Waals surface area contributed by atoms with Crippen molar-refractivity contribution in [2.75, 3.05) is 18.1 Å². The molecule has 1 fully saturated rings. The molecule has 0 saturated carbocycles. The number of hydrogen-bond acceptors (Lipinski definition) is 2. The van der Waals surface area contributed by atoms with E-state index in [0.29, 0.717) is 12.5 Å². The van der Waals surface area contributed by atoms with Gasteiger partial charge in [-0.05, 0) is 38.3 Å². The summed E-state index contributed by atoms with van der Waals surface area (Å²) in [5, 5.41) is 9.36. The van der Waals surface area contributed by atoms with E-state index in [4.69, 9.17) is 0 Å². The van der Waals surface area contributed by atoms with E-state index in [9.17, 15) is 5.11 Å². The minimum Gasteiger partial charge on any atom is -0.396 e. The van der Waals surface area contributed by atoms with E-state index < -0.39 is 0 Å². The van der Waals surface area contributed by atoms with Gasteiger partial charge in [0, 0.05) is 30.3 Å². The molecule has 1 N–H and O–H groups in total. The molecule has 0 bridgehead atoms. The second kappa shape index (κ2) is 4.69. The van der Waals surface area contributed by atoms with Crippen LogP contribution in [-0.4, -0.2) is 23.8 Å². The molecule has 1 aromatic rings. The Bertz CT molecular complexity index is 386. The van der Waals surface area contributed by atoms with Crippen LogP contribution in [0.15, 0.2) is 24.3 Å². The Morgan fingerprint density at radius 3 is 2.65 bits per heavy atom. The molecule has 2 rings (SSSR count). The van der Waals surface area contributed by atoms with Gasteiger partial charge < -0.3 is 10.0 Å². The summed E-state index contributed by atoms with van der Waals surface area (Å²) >= 11 is 0. The highest BCUT2D eigenvalue weighted by Crippen LogP contribution is 2.38. The van der Waals surface area contributed by atoms with Crippen LogP contribution in [0.25, 0.3) is 0 Å². The first-order valence-corrected chi connectivity index (χ1v) is 6.55. The van der Waals surface area contributed by atoms with Crippen LogP contribution in [0.3, 0.4) is 0 Å². The molecule has 1 aromatic carbocycles. The fourth-order valence-corrected chi connectivity index (χ4v) is 3.01. The van der Waals surface area contributed by atoms with Crippen molar-refractivity contribution in [3.05, 3.63) is 29.8 Å². The molecule has 0 amide bonds. The first-order valence-electron chi connectivity index (χ1n) is 6.55. The molecule has 1 unspecified atom stereocenters. The van der Waals surface area contributed by atoms with E-state index in [1.54, 1.807) is 0 Å².